The quantitative estimate of drug-likeness (QED) is 0.571. The lowest BCUT2D eigenvalue weighted by atomic mass is 10.0. The number of carboxylic acid groups (broad SMARTS) is 1. The van der Waals surface area contributed by atoms with Gasteiger partial charge in [0.25, 0.3) is 5.91 Å². The number of nitrogens with zero attached hydrogens (tertiary/aromatic N) is 2. The number of carboxylic acids is 1. The van der Waals surface area contributed by atoms with Crippen LogP contribution < -0.4 is 5.32 Å². The van der Waals surface area contributed by atoms with Crippen LogP contribution in [-0.4, -0.2) is 71.0 Å². The molecule has 2 aromatic carbocycles. The Hall–Kier alpha value is -3.72. The van der Waals surface area contributed by atoms with E-state index in [1.165, 1.54) is 12.0 Å². The van der Waals surface area contributed by atoms with Crippen molar-refractivity contribution in [2.24, 2.45) is 5.16 Å². The average Bonchev–Trinajstić information content (AvgIpc) is 3.21. The van der Waals surface area contributed by atoms with E-state index in [1.807, 2.05) is 42.5 Å². The Morgan fingerprint density at radius 1 is 1.13 bits per heavy atom. The number of oxime groups is 1. The van der Waals surface area contributed by atoms with Crippen molar-refractivity contribution in [1.29, 1.82) is 0 Å². The van der Waals surface area contributed by atoms with Gasteiger partial charge in [-0.05, 0) is 23.3 Å². The van der Waals surface area contributed by atoms with E-state index < -0.39 is 30.6 Å². The molecule has 0 saturated carbocycles. The second-order valence-electron chi connectivity index (χ2n) is 7.04. The molecule has 162 valence electrons. The Bertz CT molecular complexity index is 975. The summed E-state index contributed by atoms with van der Waals surface area (Å²) in [4.78, 5) is 42.6. The van der Waals surface area contributed by atoms with Crippen LogP contribution in [0, 0.1) is 0 Å². The van der Waals surface area contributed by atoms with E-state index in [9.17, 15) is 19.5 Å². The minimum absolute atomic E-state index is 0.104. The van der Waals surface area contributed by atoms with Crippen LogP contribution >= 0.6 is 0 Å². The summed E-state index contributed by atoms with van der Waals surface area (Å²) in [6, 6.07) is 15.9. The number of rotatable bonds is 7. The van der Waals surface area contributed by atoms with E-state index in [0.717, 1.165) is 11.1 Å². The Morgan fingerprint density at radius 2 is 1.77 bits per heavy atom. The van der Waals surface area contributed by atoms with Crippen LogP contribution in [0.4, 0.5) is 0 Å². The van der Waals surface area contributed by atoms with Crippen LogP contribution in [0.5, 0.6) is 0 Å². The number of aliphatic hydroxyl groups is 1. The first-order valence-electron chi connectivity index (χ1n) is 9.64. The molecule has 0 radical (unpaired) electrons. The van der Waals surface area contributed by atoms with Crippen molar-refractivity contribution in [2.45, 2.75) is 18.6 Å². The van der Waals surface area contributed by atoms with Gasteiger partial charge >= 0.3 is 5.97 Å². The number of aliphatic carboxylic acids is 1. The highest BCUT2D eigenvalue weighted by Gasteiger charge is 2.38. The molecule has 9 nitrogen and oxygen atoms in total. The standard InChI is InChI=1S/C22H23N3O6/c1-31-24-17-11-18(20(27)23-12-19(26)22(29)30)25(13-17)21(28)16-9-7-15(8-10-16)14-5-3-2-4-6-14/h2-10,18-19,26H,11-13H2,1H3,(H,23,27)(H,29,30)/t18-,19?/m0/s1. The second kappa shape index (κ2) is 9.86. The van der Waals surface area contributed by atoms with E-state index in [4.69, 9.17) is 9.94 Å². The molecule has 3 rings (SSSR count). The maximum Gasteiger partial charge on any atom is 0.334 e. The number of amides is 2. The lowest BCUT2D eigenvalue weighted by Crippen LogP contribution is -2.48. The third kappa shape index (κ3) is 5.26. The molecule has 2 atom stereocenters. The zero-order valence-corrected chi connectivity index (χ0v) is 16.9. The summed E-state index contributed by atoms with van der Waals surface area (Å²) >= 11 is 0. The van der Waals surface area contributed by atoms with E-state index in [-0.39, 0.29) is 18.9 Å². The van der Waals surface area contributed by atoms with Crippen LogP contribution in [0.15, 0.2) is 59.8 Å². The predicted octanol–water partition coefficient (Wildman–Crippen LogP) is 1.13. The molecule has 3 N–H and O–H groups in total. The highest BCUT2D eigenvalue weighted by molar-refractivity contribution is 6.05. The molecule has 1 saturated heterocycles. The molecule has 0 spiro atoms. The van der Waals surface area contributed by atoms with E-state index in [2.05, 4.69) is 10.5 Å². The molecule has 31 heavy (non-hydrogen) atoms. The maximum atomic E-state index is 13.1. The summed E-state index contributed by atoms with van der Waals surface area (Å²) < 4.78 is 0. The third-order valence-electron chi connectivity index (χ3n) is 4.94. The number of hydrogen-bond acceptors (Lipinski definition) is 6. The zero-order valence-electron chi connectivity index (χ0n) is 16.9. The summed E-state index contributed by atoms with van der Waals surface area (Å²) in [7, 11) is 1.37. The first kappa shape index (κ1) is 22.0. The van der Waals surface area contributed by atoms with Crippen LogP contribution in [0.3, 0.4) is 0 Å². The summed E-state index contributed by atoms with van der Waals surface area (Å²) in [6.45, 7) is -0.359. The lowest BCUT2D eigenvalue weighted by Gasteiger charge is -2.23. The molecule has 0 aliphatic carbocycles. The molecule has 9 heteroatoms. The van der Waals surface area contributed by atoms with Gasteiger partial charge in [-0.2, -0.15) is 0 Å². The lowest BCUT2D eigenvalue weighted by molar-refractivity contribution is -0.146. The first-order chi connectivity index (χ1) is 14.9. The first-order valence-corrected chi connectivity index (χ1v) is 9.64. The van der Waals surface area contributed by atoms with Crippen LogP contribution in [0.2, 0.25) is 0 Å². The van der Waals surface area contributed by atoms with Crippen LogP contribution in [-0.2, 0) is 14.4 Å². The van der Waals surface area contributed by atoms with E-state index in [1.54, 1.807) is 12.1 Å². The smallest absolute Gasteiger partial charge is 0.334 e. The molecule has 2 amide bonds. The SMILES string of the molecule is CON=C1C[C@@H](C(=O)NCC(O)C(=O)O)N(C(=O)c2ccc(-c3ccccc3)cc2)C1. The fourth-order valence-electron chi connectivity index (χ4n) is 3.35. The Morgan fingerprint density at radius 3 is 2.39 bits per heavy atom. The summed E-state index contributed by atoms with van der Waals surface area (Å²) in [5, 5.41) is 24.4. The summed E-state index contributed by atoms with van der Waals surface area (Å²) in [5.74, 6) is -2.38. The number of aliphatic hydroxyl groups excluding tert-OH is 1. The Labute approximate surface area is 178 Å². The largest absolute Gasteiger partial charge is 0.479 e. The van der Waals surface area contributed by atoms with Crippen molar-refractivity contribution in [3.63, 3.8) is 0 Å². The number of carbonyl (C=O) groups excluding carboxylic acids is 2. The van der Waals surface area contributed by atoms with Crippen molar-refractivity contribution >= 4 is 23.5 Å². The van der Waals surface area contributed by atoms with Gasteiger partial charge in [-0.1, -0.05) is 47.6 Å². The normalized spacial score (nSPS) is 17.9. The van der Waals surface area contributed by atoms with Crippen molar-refractivity contribution in [1.82, 2.24) is 10.2 Å². The van der Waals surface area contributed by atoms with Gasteiger partial charge in [0.1, 0.15) is 13.2 Å². The molecular weight excluding hydrogens is 402 g/mol. The molecule has 2 aromatic rings. The molecule has 1 unspecified atom stereocenters. The van der Waals surface area contributed by atoms with Crippen molar-refractivity contribution in [3.8, 4) is 11.1 Å². The third-order valence-corrected chi connectivity index (χ3v) is 4.94. The Kier molecular flexibility index (Phi) is 6.99. The van der Waals surface area contributed by atoms with Gasteiger partial charge in [-0.15, -0.1) is 0 Å². The van der Waals surface area contributed by atoms with Crippen LogP contribution in [0.1, 0.15) is 16.8 Å². The van der Waals surface area contributed by atoms with E-state index in [0.29, 0.717) is 11.3 Å². The van der Waals surface area contributed by atoms with Gasteiger partial charge in [0.15, 0.2) is 6.10 Å². The number of benzene rings is 2. The topological polar surface area (TPSA) is 129 Å². The van der Waals surface area contributed by atoms with Crippen LogP contribution in [0.25, 0.3) is 11.1 Å². The van der Waals surface area contributed by atoms with Gasteiger partial charge in [0.2, 0.25) is 5.91 Å². The van der Waals surface area contributed by atoms with Crippen molar-refractivity contribution < 1.29 is 29.4 Å². The number of likely N-dealkylation sites (tertiary alicyclic amines) is 1. The predicted molar refractivity (Wildman–Crippen MR) is 112 cm³/mol. The van der Waals surface area contributed by atoms with Gasteiger partial charge in [-0.3, -0.25) is 9.59 Å². The summed E-state index contributed by atoms with van der Waals surface area (Å²) in [6.07, 6.45) is -1.58. The molecule has 1 fully saturated rings. The minimum atomic E-state index is -1.73. The number of hydrogen-bond donors (Lipinski definition) is 3. The highest BCUT2D eigenvalue weighted by Crippen LogP contribution is 2.23. The van der Waals surface area contributed by atoms with E-state index >= 15 is 0 Å². The molecule has 1 heterocycles. The number of nitrogens with one attached hydrogen (secondary N) is 1. The zero-order chi connectivity index (χ0) is 22.4. The summed E-state index contributed by atoms with van der Waals surface area (Å²) in [5.41, 5.74) is 2.89. The molecule has 0 aromatic heterocycles. The fourth-order valence-corrected chi connectivity index (χ4v) is 3.35. The van der Waals surface area contributed by atoms with Crippen molar-refractivity contribution in [3.05, 3.63) is 60.2 Å². The average molecular weight is 425 g/mol. The minimum Gasteiger partial charge on any atom is -0.479 e. The van der Waals surface area contributed by atoms with Gasteiger partial charge < -0.3 is 25.3 Å². The van der Waals surface area contributed by atoms with Gasteiger partial charge in [0.05, 0.1) is 18.8 Å². The van der Waals surface area contributed by atoms with Gasteiger partial charge in [-0.25, -0.2) is 4.79 Å². The molecule has 1 aliphatic heterocycles. The monoisotopic (exact) mass is 425 g/mol. The fraction of sp³-hybridized carbons (Fsp3) is 0.273. The van der Waals surface area contributed by atoms with Gasteiger partial charge in [0, 0.05) is 12.0 Å². The molecule has 0 bridgehead atoms. The second-order valence-corrected chi connectivity index (χ2v) is 7.04. The molecular formula is C22H23N3O6. The highest BCUT2D eigenvalue weighted by atomic mass is 16.6. The number of carbonyl (C=O) groups is 3. The molecule has 1 aliphatic rings. The Balaban J connectivity index is 1.77. The maximum absolute atomic E-state index is 13.1. The van der Waals surface area contributed by atoms with Crippen molar-refractivity contribution in [2.75, 3.05) is 20.2 Å².